The van der Waals surface area contributed by atoms with Crippen molar-refractivity contribution in [1.82, 2.24) is 20.1 Å². The monoisotopic (exact) mass is 351 g/mol. The van der Waals surface area contributed by atoms with Crippen LogP contribution in [0.4, 0.5) is 5.13 Å². The van der Waals surface area contributed by atoms with E-state index in [9.17, 15) is 0 Å². The summed E-state index contributed by atoms with van der Waals surface area (Å²) < 4.78 is 0. The van der Waals surface area contributed by atoms with Crippen molar-refractivity contribution in [3.8, 4) is 0 Å². The third-order valence-electron chi connectivity index (χ3n) is 3.87. The maximum atomic E-state index is 5.88. The molecule has 0 aromatic carbocycles. The minimum Gasteiger partial charge on any atom is -0.344 e. The molecule has 0 aliphatic carbocycles. The molecule has 3 heterocycles. The van der Waals surface area contributed by atoms with Gasteiger partial charge in [-0.05, 0) is 12.1 Å². The zero-order valence-electron chi connectivity index (χ0n) is 13.8. The molecule has 23 heavy (non-hydrogen) atoms. The maximum absolute atomic E-state index is 5.88. The van der Waals surface area contributed by atoms with Crippen LogP contribution >= 0.6 is 22.9 Å². The van der Waals surface area contributed by atoms with E-state index in [1.807, 2.05) is 12.1 Å². The summed E-state index contributed by atoms with van der Waals surface area (Å²) in [5, 5.41) is 11.5. The minimum atomic E-state index is 0.0675. The van der Waals surface area contributed by atoms with Gasteiger partial charge in [0, 0.05) is 44.3 Å². The van der Waals surface area contributed by atoms with Crippen molar-refractivity contribution in [3.63, 3.8) is 0 Å². The third kappa shape index (κ3) is 4.19. The second kappa shape index (κ2) is 6.71. The Kier molecular flexibility index (Phi) is 4.85. The van der Waals surface area contributed by atoms with E-state index in [0.717, 1.165) is 48.6 Å². The highest BCUT2D eigenvalue weighted by Crippen LogP contribution is 2.30. The van der Waals surface area contributed by atoms with Gasteiger partial charge in [-0.3, -0.25) is 9.88 Å². The second-order valence-electron chi connectivity index (χ2n) is 6.87. The molecule has 1 fully saturated rings. The van der Waals surface area contributed by atoms with Crippen LogP contribution in [0.5, 0.6) is 0 Å². The van der Waals surface area contributed by atoms with E-state index in [2.05, 4.69) is 45.8 Å². The fraction of sp³-hybridized carbons (Fsp3) is 0.562. The number of halogens is 1. The lowest BCUT2D eigenvalue weighted by Gasteiger charge is -2.34. The van der Waals surface area contributed by atoms with E-state index in [1.165, 1.54) is 0 Å². The molecule has 3 rings (SSSR count). The van der Waals surface area contributed by atoms with Gasteiger partial charge < -0.3 is 4.90 Å². The van der Waals surface area contributed by atoms with Gasteiger partial charge in [-0.2, -0.15) is 0 Å². The molecule has 0 spiro atoms. The van der Waals surface area contributed by atoms with Gasteiger partial charge in [-0.1, -0.05) is 43.7 Å². The predicted molar refractivity (Wildman–Crippen MR) is 95.3 cm³/mol. The Morgan fingerprint density at radius 1 is 1.13 bits per heavy atom. The number of hydrogen-bond acceptors (Lipinski definition) is 6. The van der Waals surface area contributed by atoms with E-state index in [1.54, 1.807) is 17.5 Å². The summed E-state index contributed by atoms with van der Waals surface area (Å²) in [5.74, 6) is 0. The van der Waals surface area contributed by atoms with Crippen molar-refractivity contribution in [1.29, 1.82) is 0 Å². The molecule has 124 valence electrons. The topological polar surface area (TPSA) is 45.2 Å². The van der Waals surface area contributed by atoms with Crippen LogP contribution in [-0.2, 0) is 12.0 Å². The highest BCUT2D eigenvalue weighted by atomic mass is 35.5. The van der Waals surface area contributed by atoms with Gasteiger partial charge >= 0.3 is 0 Å². The number of hydrogen-bond donors (Lipinski definition) is 0. The molecule has 0 radical (unpaired) electrons. The predicted octanol–water partition coefficient (Wildman–Crippen LogP) is 3.21. The Hall–Kier alpha value is -1.24. The first-order valence-corrected chi connectivity index (χ1v) is 9.03. The number of aromatic nitrogens is 3. The lowest BCUT2D eigenvalue weighted by Crippen LogP contribution is -2.46. The van der Waals surface area contributed by atoms with Crippen molar-refractivity contribution >= 4 is 28.1 Å². The zero-order chi connectivity index (χ0) is 16.4. The molecule has 5 nitrogen and oxygen atoms in total. The maximum Gasteiger partial charge on any atom is 0.208 e. The number of nitrogens with zero attached hydrogens (tertiary/aromatic N) is 5. The molecule has 0 atom stereocenters. The number of anilines is 1. The third-order valence-corrected chi connectivity index (χ3v) is 5.51. The molecule has 0 saturated carbocycles. The summed E-state index contributed by atoms with van der Waals surface area (Å²) in [7, 11) is 0. The molecule has 1 aliphatic rings. The van der Waals surface area contributed by atoms with E-state index >= 15 is 0 Å². The molecule has 0 amide bonds. The van der Waals surface area contributed by atoms with E-state index in [-0.39, 0.29) is 5.41 Å². The Morgan fingerprint density at radius 2 is 1.87 bits per heavy atom. The highest BCUT2D eigenvalue weighted by molar-refractivity contribution is 7.15. The van der Waals surface area contributed by atoms with Crippen LogP contribution in [0.15, 0.2) is 18.3 Å². The van der Waals surface area contributed by atoms with E-state index in [0.29, 0.717) is 5.02 Å². The molecule has 1 saturated heterocycles. The molecule has 7 heteroatoms. The Morgan fingerprint density at radius 3 is 2.43 bits per heavy atom. The average Bonchev–Trinajstić information content (AvgIpc) is 3.00. The fourth-order valence-corrected chi connectivity index (χ4v) is 3.54. The Labute approximate surface area is 146 Å². The smallest absolute Gasteiger partial charge is 0.208 e. The quantitative estimate of drug-likeness (QED) is 0.849. The molecule has 0 unspecified atom stereocenters. The van der Waals surface area contributed by atoms with Gasteiger partial charge in [0.2, 0.25) is 5.13 Å². The van der Waals surface area contributed by atoms with Crippen molar-refractivity contribution in [2.45, 2.75) is 32.7 Å². The van der Waals surface area contributed by atoms with Crippen molar-refractivity contribution in [2.24, 2.45) is 0 Å². The summed E-state index contributed by atoms with van der Waals surface area (Å²) in [6, 6.07) is 3.89. The molecule has 2 aromatic rings. The van der Waals surface area contributed by atoms with Crippen molar-refractivity contribution in [3.05, 3.63) is 34.1 Å². The van der Waals surface area contributed by atoms with Gasteiger partial charge in [-0.15, -0.1) is 10.2 Å². The van der Waals surface area contributed by atoms with Gasteiger partial charge in [0.15, 0.2) is 0 Å². The van der Waals surface area contributed by atoms with Crippen LogP contribution in [0.3, 0.4) is 0 Å². The summed E-state index contributed by atoms with van der Waals surface area (Å²) in [4.78, 5) is 9.12. The van der Waals surface area contributed by atoms with Gasteiger partial charge in [0.1, 0.15) is 5.01 Å². The first kappa shape index (κ1) is 16.6. The van der Waals surface area contributed by atoms with Crippen LogP contribution in [0, 0.1) is 0 Å². The first-order valence-electron chi connectivity index (χ1n) is 7.83. The van der Waals surface area contributed by atoms with Crippen LogP contribution in [0.2, 0.25) is 5.02 Å². The van der Waals surface area contributed by atoms with Crippen LogP contribution in [-0.4, -0.2) is 46.3 Å². The van der Waals surface area contributed by atoms with Crippen LogP contribution in [0.25, 0.3) is 0 Å². The van der Waals surface area contributed by atoms with Crippen molar-refractivity contribution < 1.29 is 0 Å². The van der Waals surface area contributed by atoms with Crippen LogP contribution < -0.4 is 4.90 Å². The molecule has 0 N–H and O–H groups in total. The standard InChI is InChI=1S/C16H22ClN5S/c1-16(2,3)14-19-20-15(23-14)22-8-6-21(7-9-22)11-13-5-4-12(17)10-18-13/h4-5,10H,6-9,11H2,1-3H3. The Balaban J connectivity index is 1.56. The number of rotatable bonds is 3. The summed E-state index contributed by atoms with van der Waals surface area (Å²) in [6.45, 7) is 11.4. The second-order valence-corrected chi connectivity index (χ2v) is 8.26. The molecule has 2 aromatic heterocycles. The Bertz CT molecular complexity index is 641. The van der Waals surface area contributed by atoms with E-state index in [4.69, 9.17) is 11.6 Å². The number of piperazine rings is 1. The van der Waals surface area contributed by atoms with Crippen molar-refractivity contribution in [2.75, 3.05) is 31.1 Å². The normalized spacial score (nSPS) is 16.8. The molecular formula is C16H22ClN5S. The molecule has 0 bridgehead atoms. The van der Waals surface area contributed by atoms with Gasteiger partial charge in [0.05, 0.1) is 10.7 Å². The molecular weight excluding hydrogens is 330 g/mol. The highest BCUT2D eigenvalue weighted by Gasteiger charge is 2.24. The zero-order valence-corrected chi connectivity index (χ0v) is 15.4. The largest absolute Gasteiger partial charge is 0.344 e. The van der Waals surface area contributed by atoms with Gasteiger partial charge in [-0.25, -0.2) is 0 Å². The first-order chi connectivity index (χ1) is 10.9. The van der Waals surface area contributed by atoms with E-state index < -0.39 is 0 Å². The average molecular weight is 352 g/mol. The lowest BCUT2D eigenvalue weighted by atomic mass is 9.98. The summed E-state index contributed by atoms with van der Waals surface area (Å²) >= 11 is 7.59. The summed E-state index contributed by atoms with van der Waals surface area (Å²) in [5.41, 5.74) is 1.13. The SMILES string of the molecule is CC(C)(C)c1nnc(N2CCN(Cc3ccc(Cl)cn3)CC2)s1. The summed E-state index contributed by atoms with van der Waals surface area (Å²) in [6.07, 6.45) is 1.71. The minimum absolute atomic E-state index is 0.0675. The van der Waals surface area contributed by atoms with Gasteiger partial charge in [0.25, 0.3) is 0 Å². The van der Waals surface area contributed by atoms with Crippen LogP contribution in [0.1, 0.15) is 31.5 Å². The number of pyridine rings is 1. The fourth-order valence-electron chi connectivity index (χ4n) is 2.47. The molecule has 1 aliphatic heterocycles. The lowest BCUT2D eigenvalue weighted by molar-refractivity contribution is 0.247.